The number of nitrogens with two attached hydrogens (primary N) is 1. The van der Waals surface area contributed by atoms with Crippen LogP contribution in [0.1, 0.15) is 9.67 Å². The normalized spacial score (nSPS) is 9.64. The molecule has 1 aromatic rings. The highest BCUT2D eigenvalue weighted by Crippen LogP contribution is 2.16. The Balaban J connectivity index is 2.93. The zero-order valence-electron chi connectivity index (χ0n) is 6.37. The van der Waals surface area contributed by atoms with Crippen molar-refractivity contribution < 1.29 is 4.79 Å². The molecule has 0 radical (unpaired) electrons. The SMILES string of the molecule is CN(C)C(=O)c1sncc1N. The van der Waals surface area contributed by atoms with E-state index < -0.39 is 0 Å². The van der Waals surface area contributed by atoms with E-state index in [1.54, 1.807) is 14.1 Å². The van der Waals surface area contributed by atoms with Crippen molar-refractivity contribution in [1.82, 2.24) is 9.27 Å². The summed E-state index contributed by atoms with van der Waals surface area (Å²) in [7, 11) is 3.36. The van der Waals surface area contributed by atoms with Gasteiger partial charge in [0.1, 0.15) is 4.88 Å². The Labute approximate surface area is 68.8 Å². The van der Waals surface area contributed by atoms with Crippen molar-refractivity contribution in [3.63, 3.8) is 0 Å². The summed E-state index contributed by atoms with van der Waals surface area (Å²) in [5, 5.41) is 0. The van der Waals surface area contributed by atoms with Gasteiger partial charge in [-0.05, 0) is 11.5 Å². The van der Waals surface area contributed by atoms with Crippen molar-refractivity contribution in [3.05, 3.63) is 11.1 Å². The van der Waals surface area contributed by atoms with Crippen molar-refractivity contribution in [2.75, 3.05) is 19.8 Å². The number of nitrogen functional groups attached to an aromatic ring is 1. The summed E-state index contributed by atoms with van der Waals surface area (Å²) in [6.45, 7) is 0. The van der Waals surface area contributed by atoms with Gasteiger partial charge in [-0.2, -0.15) is 4.37 Å². The number of nitrogens with zero attached hydrogens (tertiary/aromatic N) is 2. The standard InChI is InChI=1S/C6H9N3OS/c1-9(2)6(10)5-4(7)3-8-11-5/h3H,7H2,1-2H3. The van der Waals surface area contributed by atoms with Crippen LogP contribution in [0.4, 0.5) is 5.69 Å². The Kier molecular flexibility index (Phi) is 2.09. The largest absolute Gasteiger partial charge is 0.396 e. The van der Waals surface area contributed by atoms with Crippen LogP contribution in [0, 0.1) is 0 Å². The Bertz CT molecular complexity index is 269. The van der Waals surface area contributed by atoms with Crippen LogP contribution in [0.5, 0.6) is 0 Å². The fourth-order valence-corrected chi connectivity index (χ4v) is 1.30. The third kappa shape index (κ3) is 1.48. The van der Waals surface area contributed by atoms with Gasteiger partial charge in [-0.25, -0.2) is 0 Å². The van der Waals surface area contributed by atoms with Crippen molar-refractivity contribution in [2.24, 2.45) is 0 Å². The van der Waals surface area contributed by atoms with E-state index in [9.17, 15) is 4.79 Å². The molecule has 4 nitrogen and oxygen atoms in total. The Morgan fingerprint density at radius 3 is 2.73 bits per heavy atom. The van der Waals surface area contributed by atoms with Crippen molar-refractivity contribution >= 4 is 23.1 Å². The van der Waals surface area contributed by atoms with Crippen LogP contribution in [-0.4, -0.2) is 29.3 Å². The van der Waals surface area contributed by atoms with Gasteiger partial charge in [-0.15, -0.1) is 0 Å². The molecule has 0 saturated heterocycles. The molecule has 1 rings (SSSR count). The second-order valence-electron chi connectivity index (χ2n) is 2.31. The van der Waals surface area contributed by atoms with Gasteiger partial charge in [0.25, 0.3) is 5.91 Å². The zero-order valence-corrected chi connectivity index (χ0v) is 7.18. The fraction of sp³-hybridized carbons (Fsp3) is 0.333. The maximum Gasteiger partial charge on any atom is 0.267 e. The van der Waals surface area contributed by atoms with E-state index in [1.165, 1.54) is 11.1 Å². The number of hydrogen-bond acceptors (Lipinski definition) is 4. The number of carbonyl (C=O) groups excluding carboxylic acids is 1. The monoisotopic (exact) mass is 171 g/mol. The predicted octanol–water partition coefficient (Wildman–Crippen LogP) is 0.427. The summed E-state index contributed by atoms with van der Waals surface area (Å²) in [6, 6.07) is 0. The summed E-state index contributed by atoms with van der Waals surface area (Å²) in [5.41, 5.74) is 5.93. The molecule has 5 heteroatoms. The first-order valence-corrected chi connectivity index (χ1v) is 3.82. The number of rotatable bonds is 1. The van der Waals surface area contributed by atoms with Gasteiger partial charge in [0, 0.05) is 14.1 Å². The van der Waals surface area contributed by atoms with Crippen LogP contribution in [0.3, 0.4) is 0 Å². The molecule has 2 N–H and O–H groups in total. The molecule has 0 atom stereocenters. The summed E-state index contributed by atoms with van der Waals surface area (Å²) in [4.78, 5) is 13.2. The first-order valence-electron chi connectivity index (χ1n) is 3.04. The minimum Gasteiger partial charge on any atom is -0.396 e. The third-order valence-electron chi connectivity index (χ3n) is 1.20. The lowest BCUT2D eigenvalue weighted by atomic mass is 10.4. The van der Waals surface area contributed by atoms with Crippen molar-refractivity contribution in [2.45, 2.75) is 0 Å². The minimum absolute atomic E-state index is 0.0926. The molecule has 1 amide bonds. The lowest BCUT2D eigenvalue weighted by Crippen LogP contribution is -2.21. The maximum atomic E-state index is 11.2. The van der Waals surface area contributed by atoms with E-state index in [-0.39, 0.29) is 5.91 Å². The van der Waals surface area contributed by atoms with Gasteiger partial charge in [0.05, 0.1) is 11.9 Å². The zero-order chi connectivity index (χ0) is 8.43. The third-order valence-corrected chi connectivity index (χ3v) is 2.00. The highest BCUT2D eigenvalue weighted by molar-refractivity contribution is 7.08. The van der Waals surface area contributed by atoms with E-state index in [0.717, 1.165) is 11.5 Å². The first kappa shape index (κ1) is 8.00. The number of hydrogen-bond donors (Lipinski definition) is 1. The molecule has 0 unspecified atom stereocenters. The molecule has 0 saturated carbocycles. The van der Waals surface area contributed by atoms with Crippen LogP contribution in [0.25, 0.3) is 0 Å². The van der Waals surface area contributed by atoms with Crippen LogP contribution < -0.4 is 5.73 Å². The average Bonchev–Trinajstić information content (AvgIpc) is 2.33. The molecule has 0 aliphatic rings. The van der Waals surface area contributed by atoms with Crippen LogP contribution >= 0.6 is 11.5 Å². The molecule has 0 bridgehead atoms. The van der Waals surface area contributed by atoms with Crippen LogP contribution in [0.2, 0.25) is 0 Å². The Morgan fingerprint density at radius 2 is 2.36 bits per heavy atom. The Morgan fingerprint density at radius 1 is 1.73 bits per heavy atom. The topological polar surface area (TPSA) is 59.2 Å². The summed E-state index contributed by atoms with van der Waals surface area (Å²) in [6.07, 6.45) is 1.49. The van der Waals surface area contributed by atoms with Crippen LogP contribution in [-0.2, 0) is 0 Å². The van der Waals surface area contributed by atoms with E-state index in [2.05, 4.69) is 4.37 Å². The molecular formula is C6H9N3OS. The van der Waals surface area contributed by atoms with E-state index in [1.807, 2.05) is 0 Å². The summed E-state index contributed by atoms with van der Waals surface area (Å²) >= 11 is 1.12. The molecule has 0 fully saturated rings. The molecule has 0 spiro atoms. The molecule has 0 aliphatic heterocycles. The first-order chi connectivity index (χ1) is 5.13. The summed E-state index contributed by atoms with van der Waals surface area (Å²) in [5.74, 6) is -0.0926. The van der Waals surface area contributed by atoms with E-state index in [4.69, 9.17) is 5.73 Å². The number of anilines is 1. The Hall–Kier alpha value is -1.10. The molecule has 1 heterocycles. The number of amides is 1. The van der Waals surface area contributed by atoms with Crippen LogP contribution in [0.15, 0.2) is 6.20 Å². The van der Waals surface area contributed by atoms with Gasteiger partial charge in [-0.1, -0.05) is 0 Å². The number of aromatic nitrogens is 1. The fourth-order valence-electron chi connectivity index (χ4n) is 0.613. The molecule has 1 aromatic heterocycles. The second kappa shape index (κ2) is 2.87. The molecule has 60 valence electrons. The number of carbonyl (C=O) groups is 1. The highest BCUT2D eigenvalue weighted by atomic mass is 32.1. The lowest BCUT2D eigenvalue weighted by Gasteiger charge is -2.07. The van der Waals surface area contributed by atoms with Crippen molar-refractivity contribution in [3.8, 4) is 0 Å². The van der Waals surface area contributed by atoms with E-state index in [0.29, 0.717) is 10.6 Å². The molecule has 11 heavy (non-hydrogen) atoms. The van der Waals surface area contributed by atoms with Gasteiger partial charge in [-0.3, -0.25) is 4.79 Å². The highest BCUT2D eigenvalue weighted by Gasteiger charge is 2.13. The molecule has 0 aliphatic carbocycles. The predicted molar refractivity (Wildman–Crippen MR) is 44.5 cm³/mol. The minimum atomic E-state index is -0.0926. The molecular weight excluding hydrogens is 162 g/mol. The summed E-state index contributed by atoms with van der Waals surface area (Å²) < 4.78 is 3.79. The molecule has 0 aromatic carbocycles. The quantitative estimate of drug-likeness (QED) is 0.666. The van der Waals surface area contributed by atoms with Gasteiger partial charge in [0.15, 0.2) is 0 Å². The average molecular weight is 171 g/mol. The van der Waals surface area contributed by atoms with Gasteiger partial charge >= 0.3 is 0 Å². The lowest BCUT2D eigenvalue weighted by molar-refractivity contribution is 0.0833. The van der Waals surface area contributed by atoms with Crippen molar-refractivity contribution in [1.29, 1.82) is 0 Å². The smallest absolute Gasteiger partial charge is 0.267 e. The second-order valence-corrected chi connectivity index (χ2v) is 3.11. The van der Waals surface area contributed by atoms with E-state index >= 15 is 0 Å². The van der Waals surface area contributed by atoms with Gasteiger partial charge < -0.3 is 10.6 Å². The van der Waals surface area contributed by atoms with Gasteiger partial charge in [0.2, 0.25) is 0 Å². The maximum absolute atomic E-state index is 11.2.